The van der Waals surface area contributed by atoms with Gasteiger partial charge in [-0.15, -0.1) is 22.7 Å². The van der Waals surface area contributed by atoms with E-state index in [9.17, 15) is 10.1 Å². The average Bonchev–Trinajstić information content (AvgIpc) is 3.14. The van der Waals surface area contributed by atoms with Crippen LogP contribution in [0.25, 0.3) is 10.2 Å². The first-order valence-corrected chi connectivity index (χ1v) is 8.81. The van der Waals surface area contributed by atoms with E-state index in [-0.39, 0.29) is 11.8 Å². The topological polar surface area (TPSA) is 93.1 Å². The highest BCUT2D eigenvalue weighted by atomic mass is 32.1. The summed E-state index contributed by atoms with van der Waals surface area (Å²) in [7, 11) is 0. The van der Waals surface area contributed by atoms with Gasteiger partial charge in [0.1, 0.15) is 22.2 Å². The predicted octanol–water partition coefficient (Wildman–Crippen LogP) is 3.01. The Kier molecular flexibility index (Phi) is 3.11. The van der Waals surface area contributed by atoms with E-state index in [0.717, 1.165) is 31.2 Å². The summed E-state index contributed by atoms with van der Waals surface area (Å²) in [6.07, 6.45) is 0.423. The van der Waals surface area contributed by atoms with E-state index >= 15 is 0 Å². The molecule has 1 atom stereocenters. The number of nitrogens with one attached hydrogen (secondary N) is 2. The van der Waals surface area contributed by atoms with Gasteiger partial charge in [0.2, 0.25) is 5.91 Å². The van der Waals surface area contributed by atoms with E-state index in [1.54, 1.807) is 11.3 Å². The van der Waals surface area contributed by atoms with Gasteiger partial charge in [0, 0.05) is 22.8 Å². The molecule has 0 fully saturated rings. The number of thiophene rings is 2. The van der Waals surface area contributed by atoms with E-state index in [1.807, 2.05) is 18.4 Å². The van der Waals surface area contributed by atoms with Crippen molar-refractivity contribution >= 4 is 49.6 Å². The van der Waals surface area contributed by atoms with Crippen LogP contribution in [0, 0.1) is 18.3 Å². The molecule has 3 aromatic heterocycles. The smallest absolute Gasteiger partial charge is 0.289 e. The highest BCUT2D eigenvalue weighted by Crippen LogP contribution is 2.47. The van der Waals surface area contributed by atoms with Crippen LogP contribution in [-0.2, 0) is 4.79 Å². The van der Waals surface area contributed by atoms with E-state index in [1.165, 1.54) is 11.3 Å². The van der Waals surface area contributed by atoms with Crippen LogP contribution in [0.5, 0.6) is 0 Å². The Hall–Kier alpha value is -2.43. The molecule has 3 aromatic rings. The minimum absolute atomic E-state index is 0.0218. The molecule has 4 heterocycles. The number of nitrogen functional groups attached to an aromatic ring is 1. The number of aromatic amines is 1. The number of nitrogens with zero attached hydrogens (tertiary/aromatic N) is 1. The summed E-state index contributed by atoms with van der Waals surface area (Å²) in [4.78, 5) is 16.4. The zero-order valence-electron chi connectivity index (χ0n) is 12.3. The third-order valence-corrected chi connectivity index (χ3v) is 6.41. The molecule has 114 valence electrons. The normalized spacial score (nSPS) is 16.9. The second-order valence-corrected chi connectivity index (χ2v) is 7.52. The lowest BCUT2D eigenvalue weighted by molar-refractivity contribution is -0.327. The molecule has 0 saturated carbocycles. The van der Waals surface area contributed by atoms with Crippen molar-refractivity contribution in [3.05, 3.63) is 39.1 Å². The first-order chi connectivity index (χ1) is 11.1. The standard InChI is InChI=1S/C16H12N4OS2/c1-7-9(6-17)15(18)20-13-12-8(10-3-2-4-22-10)5-11(21)19-16(12)23-14(7)13/h2-4,8H,5H2,1H3,(H2,18,20)(H,19,21)/p+1/t8-/m1/s1. The number of carbonyl (C=O) groups is 1. The van der Waals surface area contributed by atoms with Crippen molar-refractivity contribution in [2.75, 3.05) is 11.1 Å². The SMILES string of the molecule is Cc1c(C#N)c(N)[nH+]c2c3c(sc12)NC(=O)C[C@@H]3c1cccs1. The highest BCUT2D eigenvalue weighted by Gasteiger charge is 2.34. The number of rotatable bonds is 1. The van der Waals surface area contributed by atoms with Crippen LogP contribution in [0.4, 0.5) is 10.8 Å². The summed E-state index contributed by atoms with van der Waals surface area (Å²) >= 11 is 3.15. The van der Waals surface area contributed by atoms with Gasteiger partial charge in [-0.2, -0.15) is 5.26 Å². The first-order valence-electron chi connectivity index (χ1n) is 7.11. The molecule has 0 aromatic carbocycles. The Morgan fingerprint density at radius 2 is 2.35 bits per heavy atom. The Morgan fingerprint density at radius 1 is 1.52 bits per heavy atom. The van der Waals surface area contributed by atoms with Crippen LogP contribution in [0.3, 0.4) is 0 Å². The monoisotopic (exact) mass is 341 g/mol. The fourth-order valence-corrected chi connectivity index (χ4v) is 5.19. The number of hydrogen-bond donors (Lipinski definition) is 2. The van der Waals surface area contributed by atoms with Crippen molar-refractivity contribution in [2.45, 2.75) is 19.3 Å². The highest BCUT2D eigenvalue weighted by molar-refractivity contribution is 7.23. The second kappa shape index (κ2) is 5.05. The van der Waals surface area contributed by atoms with Gasteiger partial charge in [0.05, 0.1) is 4.70 Å². The van der Waals surface area contributed by atoms with E-state index in [2.05, 4.69) is 22.4 Å². The predicted molar refractivity (Wildman–Crippen MR) is 91.7 cm³/mol. The first kappa shape index (κ1) is 14.2. The van der Waals surface area contributed by atoms with Gasteiger partial charge in [-0.3, -0.25) is 10.5 Å². The molecule has 5 nitrogen and oxygen atoms in total. The van der Waals surface area contributed by atoms with Gasteiger partial charge in [0.15, 0.2) is 0 Å². The van der Waals surface area contributed by atoms with Crippen molar-refractivity contribution in [1.82, 2.24) is 0 Å². The van der Waals surface area contributed by atoms with Gasteiger partial charge in [0.25, 0.3) is 5.82 Å². The molecular weight excluding hydrogens is 328 g/mol. The quantitative estimate of drug-likeness (QED) is 0.712. The lowest BCUT2D eigenvalue weighted by Crippen LogP contribution is -2.23. The molecule has 0 saturated heterocycles. The average molecular weight is 341 g/mol. The maximum absolute atomic E-state index is 12.1. The van der Waals surface area contributed by atoms with Crippen LogP contribution >= 0.6 is 22.7 Å². The largest absolute Gasteiger partial charge is 0.317 e. The molecule has 0 bridgehead atoms. The Balaban J connectivity index is 2.05. The van der Waals surface area contributed by atoms with Gasteiger partial charge in [-0.25, -0.2) is 4.98 Å². The minimum atomic E-state index is 0.0218. The summed E-state index contributed by atoms with van der Waals surface area (Å²) < 4.78 is 0.976. The summed E-state index contributed by atoms with van der Waals surface area (Å²) in [5, 5.41) is 15.1. The molecule has 1 aliphatic heterocycles. The lowest BCUT2D eigenvalue weighted by atomic mass is 9.91. The molecule has 7 heteroatoms. The summed E-state index contributed by atoms with van der Waals surface area (Å²) in [6, 6.07) is 6.20. The third-order valence-electron chi connectivity index (χ3n) is 4.18. The number of aryl methyl sites for hydroxylation is 1. The minimum Gasteiger partial charge on any atom is -0.317 e. The van der Waals surface area contributed by atoms with Gasteiger partial charge < -0.3 is 5.32 Å². The van der Waals surface area contributed by atoms with Crippen LogP contribution in [-0.4, -0.2) is 5.91 Å². The van der Waals surface area contributed by atoms with Crippen molar-refractivity contribution < 1.29 is 9.78 Å². The van der Waals surface area contributed by atoms with Crippen molar-refractivity contribution in [2.24, 2.45) is 0 Å². The summed E-state index contributed by atoms with van der Waals surface area (Å²) in [5.74, 6) is 0.420. The molecule has 4 N–H and O–H groups in total. The van der Waals surface area contributed by atoms with Crippen molar-refractivity contribution in [3.63, 3.8) is 0 Å². The van der Waals surface area contributed by atoms with Gasteiger partial charge in [-0.1, -0.05) is 6.07 Å². The van der Waals surface area contributed by atoms with E-state index < -0.39 is 0 Å². The maximum Gasteiger partial charge on any atom is 0.289 e. The Labute approximate surface area is 140 Å². The zero-order chi connectivity index (χ0) is 16.1. The number of H-pyrrole nitrogens is 1. The molecule has 0 aliphatic carbocycles. The zero-order valence-corrected chi connectivity index (χ0v) is 13.9. The Bertz CT molecular complexity index is 982. The van der Waals surface area contributed by atoms with Gasteiger partial charge in [-0.05, 0) is 23.9 Å². The van der Waals surface area contributed by atoms with Crippen molar-refractivity contribution in [3.8, 4) is 6.07 Å². The van der Waals surface area contributed by atoms with E-state index in [0.29, 0.717) is 17.8 Å². The number of nitriles is 1. The molecule has 0 radical (unpaired) electrons. The van der Waals surface area contributed by atoms with E-state index in [4.69, 9.17) is 5.73 Å². The number of aromatic nitrogens is 1. The number of carbonyl (C=O) groups excluding carboxylic acids is 1. The van der Waals surface area contributed by atoms with Crippen LogP contribution < -0.4 is 16.0 Å². The van der Waals surface area contributed by atoms with Crippen LogP contribution in [0.15, 0.2) is 17.5 Å². The molecule has 1 aliphatic rings. The number of anilines is 2. The van der Waals surface area contributed by atoms with Crippen LogP contribution in [0.2, 0.25) is 0 Å². The third kappa shape index (κ3) is 2.03. The number of fused-ring (bicyclic) bond motifs is 3. The molecule has 0 unspecified atom stereocenters. The number of hydrogen-bond acceptors (Lipinski definition) is 5. The molecule has 23 heavy (non-hydrogen) atoms. The summed E-state index contributed by atoms with van der Waals surface area (Å²) in [5.41, 5.74) is 9.35. The fraction of sp³-hybridized carbons (Fsp3) is 0.188. The molecule has 4 rings (SSSR count). The lowest BCUT2D eigenvalue weighted by Gasteiger charge is -2.21. The molecular formula is C16H13N4OS2+. The molecule has 1 amide bonds. The molecule has 0 spiro atoms. The van der Waals surface area contributed by atoms with Crippen molar-refractivity contribution in [1.29, 1.82) is 5.26 Å². The number of amides is 1. The van der Waals surface area contributed by atoms with Gasteiger partial charge >= 0.3 is 0 Å². The second-order valence-electron chi connectivity index (χ2n) is 5.52. The maximum atomic E-state index is 12.1. The fourth-order valence-electron chi connectivity index (χ4n) is 3.11. The van der Waals surface area contributed by atoms with Crippen LogP contribution in [0.1, 0.15) is 33.9 Å². The summed E-state index contributed by atoms with van der Waals surface area (Å²) in [6.45, 7) is 1.90. The number of pyridine rings is 1. The Morgan fingerprint density at radius 3 is 3.04 bits per heavy atom. The number of nitrogens with two attached hydrogens (primary N) is 1.